The summed E-state index contributed by atoms with van der Waals surface area (Å²) in [5.74, 6) is 0. The van der Waals surface area contributed by atoms with E-state index in [9.17, 15) is 0 Å². The molecular weight excluding hydrogens is 432 g/mol. The Morgan fingerprint density at radius 2 is 2.05 bits per heavy atom. The minimum atomic E-state index is 0.268. The van der Waals surface area contributed by atoms with Crippen molar-refractivity contribution in [1.82, 2.24) is 10.3 Å². The predicted molar refractivity (Wildman–Crippen MR) is 99.5 cm³/mol. The maximum Gasteiger partial charge on any atom is 0.111 e. The van der Waals surface area contributed by atoms with Crippen molar-refractivity contribution in [2.75, 3.05) is 6.54 Å². The molecule has 0 spiro atoms. The van der Waals surface area contributed by atoms with Crippen molar-refractivity contribution >= 4 is 64.8 Å². The van der Waals surface area contributed by atoms with Crippen LogP contribution in [-0.2, 0) is 6.42 Å². The predicted octanol–water partition coefficient (Wildman–Crippen LogP) is 5.78. The van der Waals surface area contributed by atoms with Crippen molar-refractivity contribution < 1.29 is 0 Å². The first-order valence-corrected chi connectivity index (χ1v) is 9.92. The number of nitrogens with one attached hydrogen (secondary N) is 1. The molecule has 0 aliphatic rings. The van der Waals surface area contributed by atoms with Gasteiger partial charge in [0.15, 0.2) is 0 Å². The summed E-state index contributed by atoms with van der Waals surface area (Å²) in [6, 6.07) is 10.8. The van der Waals surface area contributed by atoms with E-state index in [-0.39, 0.29) is 6.04 Å². The minimum absolute atomic E-state index is 0.268. The van der Waals surface area contributed by atoms with E-state index in [1.54, 1.807) is 22.7 Å². The number of thiazole rings is 1. The molecule has 2 aromatic heterocycles. The van der Waals surface area contributed by atoms with Gasteiger partial charge >= 0.3 is 0 Å². The molecule has 0 amide bonds. The summed E-state index contributed by atoms with van der Waals surface area (Å²) in [7, 11) is 0. The van der Waals surface area contributed by atoms with E-state index in [2.05, 4.69) is 68.4 Å². The SMILES string of the molecule is CCNC(Cc1cc(Br)c(Br)s1)c1nc2ccccc2s1. The second-order valence-electron chi connectivity index (χ2n) is 4.67. The average Bonchev–Trinajstić information content (AvgIpc) is 3.02. The topological polar surface area (TPSA) is 24.9 Å². The summed E-state index contributed by atoms with van der Waals surface area (Å²) < 4.78 is 3.53. The van der Waals surface area contributed by atoms with Gasteiger partial charge in [-0.3, -0.25) is 0 Å². The summed E-state index contributed by atoms with van der Waals surface area (Å²) in [6.07, 6.45) is 0.961. The molecule has 1 atom stereocenters. The first-order chi connectivity index (χ1) is 10.2. The van der Waals surface area contributed by atoms with Gasteiger partial charge in [-0.05, 0) is 56.6 Å². The molecule has 0 saturated heterocycles. The Balaban J connectivity index is 1.89. The van der Waals surface area contributed by atoms with Crippen molar-refractivity contribution in [2.45, 2.75) is 19.4 Å². The highest BCUT2D eigenvalue weighted by molar-refractivity contribution is 9.13. The summed E-state index contributed by atoms with van der Waals surface area (Å²) in [6.45, 7) is 3.08. The van der Waals surface area contributed by atoms with Crippen LogP contribution < -0.4 is 5.32 Å². The first-order valence-electron chi connectivity index (χ1n) is 6.70. The molecule has 6 heteroatoms. The number of benzene rings is 1. The number of hydrogen-bond donors (Lipinski definition) is 1. The van der Waals surface area contributed by atoms with Gasteiger partial charge in [-0.25, -0.2) is 4.98 Å². The normalized spacial score (nSPS) is 12.9. The van der Waals surface area contributed by atoms with Crippen LogP contribution in [0.4, 0.5) is 0 Å². The average molecular weight is 446 g/mol. The number of thiophene rings is 1. The lowest BCUT2D eigenvalue weighted by Gasteiger charge is -2.14. The standard InChI is InChI=1S/C15H14Br2N2S2/c1-2-18-12(8-9-7-10(16)14(17)20-9)15-19-11-5-3-4-6-13(11)21-15/h3-7,12,18H,2,8H2,1H3. The maximum atomic E-state index is 4.79. The molecule has 0 radical (unpaired) electrons. The van der Waals surface area contributed by atoms with Crippen LogP contribution in [0.1, 0.15) is 22.9 Å². The molecule has 110 valence electrons. The molecule has 1 N–H and O–H groups in total. The molecule has 0 aliphatic heterocycles. The second-order valence-corrected chi connectivity index (χ2v) is 9.04. The highest BCUT2D eigenvalue weighted by Gasteiger charge is 2.17. The fourth-order valence-corrected chi connectivity index (χ4v) is 5.49. The Kier molecular flexibility index (Phi) is 5.11. The third kappa shape index (κ3) is 3.56. The van der Waals surface area contributed by atoms with Crippen molar-refractivity contribution in [3.05, 3.63) is 48.5 Å². The zero-order valence-corrected chi connectivity index (χ0v) is 16.2. The van der Waals surface area contributed by atoms with Gasteiger partial charge < -0.3 is 5.32 Å². The van der Waals surface area contributed by atoms with Crippen LogP contribution in [0.3, 0.4) is 0 Å². The summed E-state index contributed by atoms with van der Waals surface area (Å²) in [5.41, 5.74) is 1.09. The molecule has 21 heavy (non-hydrogen) atoms. The van der Waals surface area contributed by atoms with E-state index in [0.29, 0.717) is 0 Å². The first kappa shape index (κ1) is 15.6. The monoisotopic (exact) mass is 444 g/mol. The van der Waals surface area contributed by atoms with Crippen LogP contribution in [0.2, 0.25) is 0 Å². The van der Waals surface area contributed by atoms with Gasteiger partial charge in [-0.2, -0.15) is 0 Å². The van der Waals surface area contributed by atoms with E-state index in [1.165, 1.54) is 14.6 Å². The van der Waals surface area contributed by atoms with E-state index in [4.69, 9.17) is 4.98 Å². The van der Waals surface area contributed by atoms with E-state index in [0.717, 1.165) is 26.7 Å². The number of para-hydroxylation sites is 1. The summed E-state index contributed by atoms with van der Waals surface area (Å²) >= 11 is 10.7. The second kappa shape index (κ2) is 6.87. The number of likely N-dealkylation sites (N-methyl/N-ethyl adjacent to an activating group) is 1. The van der Waals surface area contributed by atoms with Crippen LogP contribution in [-0.4, -0.2) is 11.5 Å². The molecule has 2 heterocycles. The number of hydrogen-bond acceptors (Lipinski definition) is 4. The van der Waals surface area contributed by atoms with Crippen molar-refractivity contribution in [1.29, 1.82) is 0 Å². The molecule has 0 fully saturated rings. The Morgan fingerprint density at radius 3 is 2.71 bits per heavy atom. The Hall–Kier alpha value is -0.270. The number of nitrogens with zero attached hydrogens (tertiary/aromatic N) is 1. The maximum absolute atomic E-state index is 4.79. The molecule has 0 aliphatic carbocycles. The third-order valence-electron chi connectivity index (χ3n) is 3.16. The molecule has 0 saturated carbocycles. The van der Waals surface area contributed by atoms with Crippen molar-refractivity contribution in [2.24, 2.45) is 0 Å². The van der Waals surface area contributed by atoms with Crippen molar-refractivity contribution in [3.63, 3.8) is 0 Å². The Bertz CT molecular complexity index is 699. The van der Waals surface area contributed by atoms with Crippen LogP contribution in [0, 0.1) is 0 Å². The third-order valence-corrected chi connectivity index (χ3v) is 7.59. The van der Waals surface area contributed by atoms with Gasteiger partial charge in [0.2, 0.25) is 0 Å². The smallest absolute Gasteiger partial charge is 0.111 e. The zero-order valence-electron chi connectivity index (χ0n) is 11.4. The van der Waals surface area contributed by atoms with Gasteiger partial charge in [-0.1, -0.05) is 19.1 Å². The molecule has 1 unspecified atom stereocenters. The van der Waals surface area contributed by atoms with E-state index in [1.807, 2.05) is 6.07 Å². The number of fused-ring (bicyclic) bond motifs is 1. The molecular formula is C15H14Br2N2S2. The lowest BCUT2D eigenvalue weighted by Crippen LogP contribution is -2.22. The lowest BCUT2D eigenvalue weighted by molar-refractivity contribution is 0.551. The van der Waals surface area contributed by atoms with Gasteiger partial charge in [0.1, 0.15) is 5.01 Å². The molecule has 0 bridgehead atoms. The number of aromatic nitrogens is 1. The highest BCUT2D eigenvalue weighted by Crippen LogP contribution is 2.35. The van der Waals surface area contributed by atoms with Gasteiger partial charge in [0, 0.05) is 15.8 Å². The lowest BCUT2D eigenvalue weighted by atomic mass is 10.2. The zero-order chi connectivity index (χ0) is 14.8. The minimum Gasteiger partial charge on any atom is -0.308 e. The number of rotatable bonds is 5. The van der Waals surface area contributed by atoms with E-state index < -0.39 is 0 Å². The molecule has 3 aromatic rings. The largest absolute Gasteiger partial charge is 0.308 e. The van der Waals surface area contributed by atoms with Gasteiger partial charge in [-0.15, -0.1) is 22.7 Å². The van der Waals surface area contributed by atoms with Crippen molar-refractivity contribution in [3.8, 4) is 0 Å². The fraction of sp³-hybridized carbons (Fsp3) is 0.267. The number of halogens is 2. The fourth-order valence-electron chi connectivity index (χ4n) is 2.23. The van der Waals surface area contributed by atoms with Crippen LogP contribution in [0.5, 0.6) is 0 Å². The molecule has 2 nitrogen and oxygen atoms in total. The van der Waals surface area contributed by atoms with Crippen LogP contribution in [0.25, 0.3) is 10.2 Å². The molecule has 3 rings (SSSR count). The molecule has 1 aromatic carbocycles. The van der Waals surface area contributed by atoms with Gasteiger partial charge in [0.25, 0.3) is 0 Å². The summed E-state index contributed by atoms with van der Waals surface area (Å²) in [5, 5.41) is 4.73. The summed E-state index contributed by atoms with van der Waals surface area (Å²) in [4.78, 5) is 6.14. The highest BCUT2D eigenvalue weighted by atomic mass is 79.9. The van der Waals surface area contributed by atoms with Crippen LogP contribution >= 0.6 is 54.5 Å². The quantitative estimate of drug-likeness (QED) is 0.538. The Labute approximate surface area is 148 Å². The van der Waals surface area contributed by atoms with Crippen LogP contribution in [0.15, 0.2) is 38.6 Å². The Morgan fingerprint density at radius 1 is 1.24 bits per heavy atom. The van der Waals surface area contributed by atoms with E-state index >= 15 is 0 Å². The van der Waals surface area contributed by atoms with Gasteiger partial charge in [0.05, 0.1) is 20.0 Å².